The van der Waals surface area contributed by atoms with Gasteiger partial charge in [-0.05, 0) is 42.3 Å². The minimum Gasteiger partial charge on any atom is -0.497 e. The Hall–Kier alpha value is -1.89. The Bertz CT molecular complexity index is 846. The van der Waals surface area contributed by atoms with Crippen molar-refractivity contribution in [1.29, 1.82) is 0 Å². The molecule has 2 aromatic rings. The number of likely N-dealkylation sites (N-methyl/N-ethyl adjacent to an activating group) is 1. The number of thioether (sulfide) groups is 1. The molecule has 0 bridgehead atoms. The Morgan fingerprint density at radius 1 is 1.10 bits per heavy atom. The highest BCUT2D eigenvalue weighted by Crippen LogP contribution is 2.25. The van der Waals surface area contributed by atoms with Crippen LogP contribution < -0.4 is 10.1 Å². The third kappa shape index (κ3) is 6.84. The van der Waals surface area contributed by atoms with E-state index in [1.165, 1.54) is 11.8 Å². The Kier molecular flexibility index (Phi) is 9.14. The van der Waals surface area contributed by atoms with Gasteiger partial charge in [0.05, 0.1) is 22.9 Å². The van der Waals surface area contributed by atoms with Gasteiger partial charge in [-0.2, -0.15) is 0 Å². The molecule has 1 N–H and O–H groups in total. The molecule has 2 aromatic carbocycles. The van der Waals surface area contributed by atoms with Crippen LogP contribution in [0.2, 0.25) is 10.0 Å². The molecule has 1 atom stereocenters. The fraction of sp³-hybridized carbons (Fsp3) is 0.333. The highest BCUT2D eigenvalue weighted by atomic mass is 35.5. The molecule has 1 unspecified atom stereocenters. The fourth-order valence-corrected chi connectivity index (χ4v) is 3.87. The molecule has 0 aliphatic heterocycles. The number of hydrogen-bond donors (Lipinski definition) is 1. The number of carbonyl (C=O) groups is 2. The van der Waals surface area contributed by atoms with E-state index in [4.69, 9.17) is 27.9 Å². The van der Waals surface area contributed by atoms with Gasteiger partial charge in [0, 0.05) is 19.3 Å². The van der Waals surface area contributed by atoms with Crippen LogP contribution in [-0.4, -0.2) is 42.7 Å². The van der Waals surface area contributed by atoms with E-state index in [1.807, 2.05) is 30.3 Å². The molecule has 8 heteroatoms. The van der Waals surface area contributed by atoms with Crippen LogP contribution in [0, 0.1) is 0 Å². The van der Waals surface area contributed by atoms with Crippen LogP contribution in [0.4, 0.5) is 0 Å². The number of nitrogens with one attached hydrogen (secondary N) is 1. The molecule has 29 heavy (non-hydrogen) atoms. The van der Waals surface area contributed by atoms with Crippen LogP contribution in [0.15, 0.2) is 42.5 Å². The maximum atomic E-state index is 12.9. The molecule has 0 aliphatic rings. The summed E-state index contributed by atoms with van der Waals surface area (Å²) in [5.74, 6) is 1.29. The number of halogens is 2. The summed E-state index contributed by atoms with van der Waals surface area (Å²) < 4.78 is 5.17. The van der Waals surface area contributed by atoms with Crippen molar-refractivity contribution < 1.29 is 14.3 Å². The molecule has 0 radical (unpaired) electrons. The molecule has 0 aliphatic carbocycles. The maximum Gasteiger partial charge on any atom is 0.242 e. The molecule has 5 nitrogen and oxygen atoms in total. The first-order chi connectivity index (χ1) is 13.8. The van der Waals surface area contributed by atoms with Crippen molar-refractivity contribution in [2.75, 3.05) is 19.9 Å². The van der Waals surface area contributed by atoms with Gasteiger partial charge in [0.25, 0.3) is 0 Å². The van der Waals surface area contributed by atoms with Crippen LogP contribution in [0.5, 0.6) is 5.75 Å². The van der Waals surface area contributed by atoms with E-state index in [-0.39, 0.29) is 17.6 Å². The van der Waals surface area contributed by atoms with Crippen LogP contribution in [0.25, 0.3) is 0 Å². The Morgan fingerprint density at radius 2 is 1.76 bits per heavy atom. The lowest BCUT2D eigenvalue weighted by Gasteiger charge is -2.28. The second kappa shape index (κ2) is 11.3. The van der Waals surface area contributed by atoms with Gasteiger partial charge in [-0.3, -0.25) is 9.59 Å². The predicted octanol–water partition coefficient (Wildman–Crippen LogP) is 4.40. The SMILES string of the molecule is CNC(=O)C(C)N(Cc1ccc(OC)cc1)C(=O)CSCc1ccc(Cl)c(Cl)c1. The van der Waals surface area contributed by atoms with E-state index in [0.29, 0.717) is 22.3 Å². The topological polar surface area (TPSA) is 58.6 Å². The molecule has 0 fully saturated rings. The van der Waals surface area contributed by atoms with Gasteiger partial charge < -0.3 is 15.0 Å². The van der Waals surface area contributed by atoms with E-state index in [1.54, 1.807) is 38.1 Å². The van der Waals surface area contributed by atoms with E-state index in [2.05, 4.69) is 5.32 Å². The van der Waals surface area contributed by atoms with Gasteiger partial charge in [0.2, 0.25) is 11.8 Å². The average Bonchev–Trinajstić information content (AvgIpc) is 2.73. The van der Waals surface area contributed by atoms with Crippen molar-refractivity contribution >= 4 is 46.8 Å². The van der Waals surface area contributed by atoms with Crippen molar-refractivity contribution in [3.8, 4) is 5.75 Å². The molecular formula is C21H24Cl2N2O3S. The van der Waals surface area contributed by atoms with Gasteiger partial charge in [0.15, 0.2) is 0 Å². The minimum absolute atomic E-state index is 0.109. The van der Waals surface area contributed by atoms with E-state index in [9.17, 15) is 9.59 Å². The zero-order chi connectivity index (χ0) is 21.4. The quantitative estimate of drug-likeness (QED) is 0.609. The summed E-state index contributed by atoms with van der Waals surface area (Å²) in [6, 6.07) is 12.3. The van der Waals surface area contributed by atoms with E-state index in [0.717, 1.165) is 16.9 Å². The zero-order valence-corrected chi connectivity index (χ0v) is 18.9. The molecule has 2 amide bonds. The number of carbonyl (C=O) groups excluding carboxylic acids is 2. The third-order valence-corrected chi connectivity index (χ3v) is 6.13. The summed E-state index contributed by atoms with van der Waals surface area (Å²) in [5, 5.41) is 3.60. The summed E-state index contributed by atoms with van der Waals surface area (Å²) in [7, 11) is 3.16. The Balaban J connectivity index is 2.04. The first kappa shape index (κ1) is 23.4. The van der Waals surface area contributed by atoms with Crippen LogP contribution in [0.3, 0.4) is 0 Å². The number of benzene rings is 2. The predicted molar refractivity (Wildman–Crippen MR) is 120 cm³/mol. The number of rotatable bonds is 9. The minimum atomic E-state index is -0.583. The van der Waals surface area contributed by atoms with Crippen LogP contribution >= 0.6 is 35.0 Å². The van der Waals surface area contributed by atoms with Crippen molar-refractivity contribution in [3.63, 3.8) is 0 Å². The number of amides is 2. The van der Waals surface area contributed by atoms with E-state index < -0.39 is 6.04 Å². The van der Waals surface area contributed by atoms with Crippen molar-refractivity contribution in [2.45, 2.75) is 25.3 Å². The molecule has 0 aromatic heterocycles. The zero-order valence-electron chi connectivity index (χ0n) is 16.6. The molecule has 2 rings (SSSR count). The maximum absolute atomic E-state index is 12.9. The summed E-state index contributed by atoms with van der Waals surface area (Å²) in [4.78, 5) is 26.6. The van der Waals surface area contributed by atoms with Gasteiger partial charge >= 0.3 is 0 Å². The second-order valence-electron chi connectivity index (χ2n) is 6.40. The highest BCUT2D eigenvalue weighted by Gasteiger charge is 2.25. The highest BCUT2D eigenvalue weighted by molar-refractivity contribution is 7.99. The van der Waals surface area contributed by atoms with Crippen LogP contribution in [-0.2, 0) is 21.9 Å². The molecular weight excluding hydrogens is 431 g/mol. The van der Waals surface area contributed by atoms with Crippen molar-refractivity contribution in [2.24, 2.45) is 0 Å². The monoisotopic (exact) mass is 454 g/mol. The van der Waals surface area contributed by atoms with Crippen molar-refractivity contribution in [3.05, 3.63) is 63.6 Å². The lowest BCUT2D eigenvalue weighted by atomic mass is 10.1. The number of hydrogen-bond acceptors (Lipinski definition) is 4. The second-order valence-corrected chi connectivity index (χ2v) is 8.20. The van der Waals surface area contributed by atoms with Gasteiger partial charge in [-0.1, -0.05) is 41.4 Å². The van der Waals surface area contributed by atoms with Gasteiger partial charge in [0.1, 0.15) is 11.8 Å². The number of nitrogens with zero attached hydrogens (tertiary/aromatic N) is 1. The lowest BCUT2D eigenvalue weighted by Crippen LogP contribution is -2.47. The van der Waals surface area contributed by atoms with Gasteiger partial charge in [-0.25, -0.2) is 0 Å². The largest absolute Gasteiger partial charge is 0.497 e. The summed E-state index contributed by atoms with van der Waals surface area (Å²) in [6.07, 6.45) is 0. The molecule has 0 saturated heterocycles. The number of methoxy groups -OCH3 is 1. The van der Waals surface area contributed by atoms with Crippen molar-refractivity contribution in [1.82, 2.24) is 10.2 Å². The summed E-state index contributed by atoms with van der Waals surface area (Å²) in [5.41, 5.74) is 1.91. The first-order valence-corrected chi connectivity index (χ1v) is 10.9. The Morgan fingerprint density at radius 3 is 2.34 bits per heavy atom. The molecule has 156 valence electrons. The summed E-state index contributed by atoms with van der Waals surface area (Å²) >= 11 is 13.4. The molecule has 0 saturated carbocycles. The average molecular weight is 455 g/mol. The Labute approximate surface area is 185 Å². The lowest BCUT2D eigenvalue weighted by molar-refractivity contribution is -0.138. The standard InChI is InChI=1S/C21H24Cl2N2O3S/c1-14(21(27)24-2)25(11-15-4-7-17(28-3)8-5-15)20(26)13-29-12-16-6-9-18(22)19(23)10-16/h4-10,14H,11-13H2,1-3H3,(H,24,27). The normalized spacial score (nSPS) is 11.6. The summed E-state index contributed by atoms with van der Waals surface area (Å²) in [6.45, 7) is 2.06. The fourth-order valence-electron chi connectivity index (χ4n) is 2.69. The smallest absolute Gasteiger partial charge is 0.242 e. The molecule has 0 heterocycles. The van der Waals surface area contributed by atoms with E-state index >= 15 is 0 Å². The molecule has 0 spiro atoms. The van der Waals surface area contributed by atoms with Crippen LogP contribution in [0.1, 0.15) is 18.1 Å². The van der Waals surface area contributed by atoms with Gasteiger partial charge in [-0.15, -0.1) is 11.8 Å². The first-order valence-electron chi connectivity index (χ1n) is 9.01. The third-order valence-electron chi connectivity index (χ3n) is 4.40. The number of ether oxygens (including phenoxy) is 1.